The summed E-state index contributed by atoms with van der Waals surface area (Å²) in [6.45, 7) is 12.2. The molecule has 0 bridgehead atoms. The lowest BCUT2D eigenvalue weighted by atomic mass is 10.1. The van der Waals surface area contributed by atoms with Crippen LogP contribution in [0.1, 0.15) is 19.4 Å². The van der Waals surface area contributed by atoms with E-state index in [9.17, 15) is 0 Å². The van der Waals surface area contributed by atoms with Crippen LogP contribution in [0.4, 0.5) is 11.4 Å². The summed E-state index contributed by atoms with van der Waals surface area (Å²) in [6, 6.07) is 17.3. The Labute approximate surface area is 156 Å². The van der Waals surface area contributed by atoms with Gasteiger partial charge in [0.05, 0.1) is 26.2 Å². The predicted molar refractivity (Wildman–Crippen MR) is 108 cm³/mol. The van der Waals surface area contributed by atoms with Crippen LogP contribution in [0.2, 0.25) is 5.02 Å². The van der Waals surface area contributed by atoms with Crippen LogP contribution >= 0.6 is 11.6 Å². The van der Waals surface area contributed by atoms with E-state index in [-0.39, 0.29) is 0 Å². The predicted octanol–water partition coefficient (Wildman–Crippen LogP) is 3.09. The molecule has 1 aliphatic rings. The van der Waals surface area contributed by atoms with Crippen molar-refractivity contribution in [1.29, 1.82) is 0 Å². The van der Waals surface area contributed by atoms with Gasteiger partial charge in [0.15, 0.2) is 0 Å². The molecule has 0 radical (unpaired) electrons. The van der Waals surface area contributed by atoms with Gasteiger partial charge in [-0.05, 0) is 44.2 Å². The number of benzene rings is 2. The Hall–Kier alpha value is -1.71. The molecule has 4 heteroatoms. The summed E-state index contributed by atoms with van der Waals surface area (Å²) >= 11 is 6.12. The number of piperazine rings is 1. The van der Waals surface area contributed by atoms with Gasteiger partial charge in [-0.15, -0.1) is 0 Å². The number of rotatable bonds is 6. The van der Waals surface area contributed by atoms with Crippen molar-refractivity contribution in [3.05, 3.63) is 59.1 Å². The first-order chi connectivity index (χ1) is 12.2. The zero-order chi connectivity index (χ0) is 17.6. The molecule has 1 heterocycles. The molecule has 1 saturated heterocycles. The van der Waals surface area contributed by atoms with Crippen LogP contribution in [0.15, 0.2) is 48.5 Å². The van der Waals surface area contributed by atoms with Gasteiger partial charge in [0.25, 0.3) is 0 Å². The Morgan fingerprint density at radius 1 is 1.00 bits per heavy atom. The number of halogens is 1. The molecule has 0 saturated carbocycles. The normalized spacial score (nSPS) is 15.4. The quantitative estimate of drug-likeness (QED) is 0.850. The third-order valence-electron chi connectivity index (χ3n) is 5.16. The third-order valence-corrected chi connectivity index (χ3v) is 5.40. The van der Waals surface area contributed by atoms with Crippen molar-refractivity contribution in [2.24, 2.45) is 0 Å². The minimum Gasteiger partial charge on any atom is -0.372 e. The summed E-state index contributed by atoms with van der Waals surface area (Å²) in [5.41, 5.74) is 4.01. The van der Waals surface area contributed by atoms with Crippen LogP contribution in [-0.2, 0) is 6.54 Å². The molecule has 2 aromatic rings. The van der Waals surface area contributed by atoms with Crippen molar-refractivity contribution in [2.75, 3.05) is 49.1 Å². The number of nitrogens with one attached hydrogen (secondary N) is 1. The average molecular weight is 359 g/mol. The summed E-state index contributed by atoms with van der Waals surface area (Å²) in [4.78, 5) is 6.49. The van der Waals surface area contributed by atoms with E-state index in [0.717, 1.165) is 37.7 Å². The van der Waals surface area contributed by atoms with Crippen molar-refractivity contribution >= 4 is 23.0 Å². The van der Waals surface area contributed by atoms with Gasteiger partial charge in [0, 0.05) is 35.1 Å². The van der Waals surface area contributed by atoms with E-state index in [1.165, 1.54) is 30.0 Å². The van der Waals surface area contributed by atoms with Crippen LogP contribution in [0.3, 0.4) is 0 Å². The molecule has 3 nitrogen and oxygen atoms in total. The lowest BCUT2D eigenvalue weighted by Crippen LogP contribution is -3.13. The van der Waals surface area contributed by atoms with E-state index in [0.29, 0.717) is 0 Å². The van der Waals surface area contributed by atoms with Gasteiger partial charge in [0.1, 0.15) is 6.54 Å². The van der Waals surface area contributed by atoms with Crippen molar-refractivity contribution in [3.63, 3.8) is 0 Å². The van der Waals surface area contributed by atoms with Gasteiger partial charge in [-0.1, -0.05) is 29.8 Å². The number of nitrogens with zero attached hydrogens (tertiary/aromatic N) is 2. The molecule has 0 spiro atoms. The molecular formula is C21H29ClN3+. The van der Waals surface area contributed by atoms with Crippen LogP contribution in [0.25, 0.3) is 0 Å². The Bertz CT molecular complexity index is 659. The van der Waals surface area contributed by atoms with Crippen molar-refractivity contribution < 1.29 is 4.90 Å². The van der Waals surface area contributed by atoms with Crippen molar-refractivity contribution in [2.45, 2.75) is 20.4 Å². The number of quaternary nitrogens is 1. The molecular weight excluding hydrogens is 330 g/mol. The Morgan fingerprint density at radius 2 is 1.68 bits per heavy atom. The second-order valence-corrected chi connectivity index (χ2v) is 7.17. The van der Waals surface area contributed by atoms with E-state index in [1.807, 2.05) is 12.1 Å². The third kappa shape index (κ3) is 4.68. The standard InChI is InChI=1S/C21H28ClN3/c1-3-24(4-2)20-10-8-18(9-11-20)17-23-12-14-25(15-13-23)21-7-5-6-19(22)16-21/h5-11,16H,3-4,12-15,17H2,1-2H3/p+1. The van der Waals surface area contributed by atoms with Crippen LogP contribution < -0.4 is 14.7 Å². The summed E-state index contributed by atoms with van der Waals surface area (Å²) in [5, 5.41) is 0.820. The molecule has 1 N–H and O–H groups in total. The van der Waals surface area contributed by atoms with Gasteiger partial charge >= 0.3 is 0 Å². The molecule has 3 rings (SSSR count). The van der Waals surface area contributed by atoms with E-state index in [4.69, 9.17) is 11.6 Å². The fraction of sp³-hybridized carbons (Fsp3) is 0.429. The first-order valence-corrected chi connectivity index (χ1v) is 9.75. The molecule has 0 atom stereocenters. The van der Waals surface area contributed by atoms with Crippen LogP contribution in [-0.4, -0.2) is 39.3 Å². The van der Waals surface area contributed by atoms with E-state index >= 15 is 0 Å². The summed E-state index contributed by atoms with van der Waals surface area (Å²) in [7, 11) is 0. The Kier molecular flexibility index (Phi) is 6.22. The fourth-order valence-corrected chi connectivity index (χ4v) is 3.82. The second-order valence-electron chi connectivity index (χ2n) is 6.73. The van der Waals surface area contributed by atoms with Crippen molar-refractivity contribution in [3.8, 4) is 0 Å². The second kappa shape index (κ2) is 8.59. The first-order valence-electron chi connectivity index (χ1n) is 9.37. The van der Waals surface area contributed by atoms with Gasteiger partial charge in [0.2, 0.25) is 0 Å². The maximum Gasteiger partial charge on any atom is 0.103 e. The molecule has 0 aliphatic carbocycles. The maximum absolute atomic E-state index is 6.12. The molecule has 25 heavy (non-hydrogen) atoms. The lowest BCUT2D eigenvalue weighted by Gasteiger charge is -2.33. The largest absolute Gasteiger partial charge is 0.372 e. The van der Waals surface area contributed by atoms with Crippen LogP contribution in [0, 0.1) is 0 Å². The topological polar surface area (TPSA) is 10.9 Å². The summed E-state index contributed by atoms with van der Waals surface area (Å²) < 4.78 is 0. The highest BCUT2D eigenvalue weighted by Gasteiger charge is 2.20. The Morgan fingerprint density at radius 3 is 2.28 bits per heavy atom. The molecule has 1 fully saturated rings. The van der Waals surface area contributed by atoms with Gasteiger partial charge in [-0.3, -0.25) is 0 Å². The van der Waals surface area contributed by atoms with Crippen LogP contribution in [0.5, 0.6) is 0 Å². The highest BCUT2D eigenvalue weighted by molar-refractivity contribution is 6.30. The summed E-state index contributed by atoms with van der Waals surface area (Å²) in [6.07, 6.45) is 0. The van der Waals surface area contributed by atoms with Gasteiger partial charge in [-0.25, -0.2) is 0 Å². The van der Waals surface area contributed by atoms with E-state index in [1.54, 1.807) is 4.90 Å². The zero-order valence-corrected chi connectivity index (χ0v) is 16.1. The van der Waals surface area contributed by atoms with Gasteiger partial charge < -0.3 is 14.7 Å². The van der Waals surface area contributed by atoms with E-state index in [2.05, 4.69) is 60.0 Å². The molecule has 0 unspecified atom stereocenters. The minimum atomic E-state index is 0.820. The molecule has 2 aromatic carbocycles. The highest BCUT2D eigenvalue weighted by Crippen LogP contribution is 2.19. The molecule has 1 aliphatic heterocycles. The number of hydrogen-bond acceptors (Lipinski definition) is 2. The van der Waals surface area contributed by atoms with Crippen molar-refractivity contribution in [1.82, 2.24) is 0 Å². The number of hydrogen-bond donors (Lipinski definition) is 1. The summed E-state index contributed by atoms with van der Waals surface area (Å²) in [5.74, 6) is 0. The first kappa shape index (κ1) is 18.1. The monoisotopic (exact) mass is 358 g/mol. The maximum atomic E-state index is 6.12. The number of anilines is 2. The SMILES string of the molecule is CCN(CC)c1ccc(C[NH+]2CCN(c3cccc(Cl)c3)CC2)cc1. The average Bonchev–Trinajstić information content (AvgIpc) is 2.65. The zero-order valence-electron chi connectivity index (χ0n) is 15.3. The Balaban J connectivity index is 1.53. The van der Waals surface area contributed by atoms with Gasteiger partial charge in [-0.2, -0.15) is 0 Å². The highest BCUT2D eigenvalue weighted by atomic mass is 35.5. The molecule has 0 aromatic heterocycles. The smallest absolute Gasteiger partial charge is 0.103 e. The van der Waals surface area contributed by atoms with E-state index < -0.39 is 0 Å². The fourth-order valence-electron chi connectivity index (χ4n) is 3.63. The minimum absolute atomic E-state index is 0.820. The molecule has 0 amide bonds. The molecule has 134 valence electrons. The lowest BCUT2D eigenvalue weighted by molar-refractivity contribution is -0.914.